The quantitative estimate of drug-likeness (QED) is 0.453. The molecular weight excluding hydrogens is 446 g/mol. The van der Waals surface area contributed by atoms with Gasteiger partial charge in [0.2, 0.25) is 5.91 Å². The van der Waals surface area contributed by atoms with E-state index in [4.69, 9.17) is 4.74 Å². The predicted octanol–water partition coefficient (Wildman–Crippen LogP) is 3.61. The van der Waals surface area contributed by atoms with Gasteiger partial charge in [0.25, 0.3) is 0 Å². The van der Waals surface area contributed by atoms with E-state index in [1.807, 2.05) is 57.1 Å². The van der Waals surface area contributed by atoms with Crippen LogP contribution in [0, 0.1) is 0 Å². The lowest BCUT2D eigenvalue weighted by Gasteiger charge is -2.26. The summed E-state index contributed by atoms with van der Waals surface area (Å²) in [7, 11) is 3.69. The van der Waals surface area contributed by atoms with E-state index >= 15 is 0 Å². The lowest BCUT2D eigenvalue weighted by molar-refractivity contribution is -0.142. The first-order chi connectivity index (χ1) is 16.6. The lowest BCUT2D eigenvalue weighted by Crippen LogP contribution is -2.46. The third kappa shape index (κ3) is 7.05. The SMILES string of the molecule is CN(C)CCC(NC(=O)CCC(C)(C)NC(=O)OCC1c2ccccc2-c2ccccc21)C(=O)O. The number of carboxylic acid groups (broad SMARTS) is 1. The number of ether oxygens (including phenoxy) is 1. The first kappa shape index (κ1) is 26.2. The molecule has 35 heavy (non-hydrogen) atoms. The van der Waals surface area contributed by atoms with Crippen molar-refractivity contribution in [2.45, 2.75) is 50.6 Å². The molecule has 0 spiro atoms. The molecule has 0 radical (unpaired) electrons. The number of nitrogens with one attached hydrogen (secondary N) is 2. The van der Waals surface area contributed by atoms with E-state index in [9.17, 15) is 19.5 Å². The minimum Gasteiger partial charge on any atom is -0.480 e. The van der Waals surface area contributed by atoms with Crippen LogP contribution in [0.4, 0.5) is 4.79 Å². The fourth-order valence-electron chi connectivity index (χ4n) is 4.31. The van der Waals surface area contributed by atoms with Gasteiger partial charge in [-0.1, -0.05) is 48.5 Å². The van der Waals surface area contributed by atoms with Crippen molar-refractivity contribution in [3.63, 3.8) is 0 Å². The molecule has 2 aromatic carbocycles. The molecule has 0 saturated carbocycles. The molecule has 0 saturated heterocycles. The van der Waals surface area contributed by atoms with E-state index in [1.165, 1.54) is 0 Å². The van der Waals surface area contributed by atoms with E-state index < -0.39 is 23.6 Å². The number of rotatable bonds is 11. The first-order valence-corrected chi connectivity index (χ1v) is 11.9. The standard InChI is InChI=1S/C27H35N3O5/c1-27(2,15-13-24(31)28-23(25(32)33)14-16-30(3)4)29-26(34)35-17-22-20-11-7-5-9-18(20)19-10-6-8-12-21(19)22/h5-12,22-23H,13-17H2,1-4H3,(H,28,31)(H,29,34)(H,32,33). The van der Waals surface area contributed by atoms with Crippen LogP contribution in [0.3, 0.4) is 0 Å². The highest BCUT2D eigenvalue weighted by atomic mass is 16.5. The lowest BCUT2D eigenvalue weighted by atomic mass is 9.98. The minimum atomic E-state index is -1.06. The van der Waals surface area contributed by atoms with Crippen molar-refractivity contribution < 1.29 is 24.2 Å². The zero-order valence-electron chi connectivity index (χ0n) is 20.8. The summed E-state index contributed by atoms with van der Waals surface area (Å²) in [6.07, 6.45) is 0.188. The molecule has 3 N–H and O–H groups in total. The van der Waals surface area contributed by atoms with Gasteiger partial charge in [-0.3, -0.25) is 4.79 Å². The average molecular weight is 482 g/mol. The zero-order valence-corrected chi connectivity index (χ0v) is 20.8. The topological polar surface area (TPSA) is 108 Å². The number of fused-ring (bicyclic) bond motifs is 3. The van der Waals surface area contributed by atoms with E-state index in [2.05, 4.69) is 34.9 Å². The molecule has 3 rings (SSSR count). The molecular formula is C27H35N3O5. The van der Waals surface area contributed by atoms with Gasteiger partial charge in [-0.2, -0.15) is 0 Å². The summed E-state index contributed by atoms with van der Waals surface area (Å²) in [5.74, 6) is -1.45. The molecule has 2 aromatic rings. The second-order valence-corrected chi connectivity index (χ2v) is 9.88. The molecule has 188 valence electrons. The van der Waals surface area contributed by atoms with Crippen LogP contribution in [0.5, 0.6) is 0 Å². The second kappa shape index (κ2) is 11.4. The number of amides is 2. The number of carbonyl (C=O) groups excluding carboxylic acids is 2. The molecule has 0 bridgehead atoms. The first-order valence-electron chi connectivity index (χ1n) is 11.9. The number of aliphatic carboxylic acids is 1. The molecule has 1 atom stereocenters. The molecule has 8 heteroatoms. The highest BCUT2D eigenvalue weighted by Gasteiger charge is 2.30. The molecule has 1 aliphatic carbocycles. The normalized spacial score (nSPS) is 13.6. The largest absolute Gasteiger partial charge is 0.480 e. The Hall–Kier alpha value is -3.39. The maximum atomic E-state index is 12.6. The Morgan fingerprint density at radius 1 is 1.03 bits per heavy atom. The fraction of sp³-hybridized carbons (Fsp3) is 0.444. The van der Waals surface area contributed by atoms with Gasteiger partial charge in [0.1, 0.15) is 12.6 Å². The Labute approximate surface area is 206 Å². The van der Waals surface area contributed by atoms with Crippen LogP contribution in [0.2, 0.25) is 0 Å². The number of hydrogen-bond donors (Lipinski definition) is 3. The summed E-state index contributed by atoms with van der Waals surface area (Å²) in [5, 5.41) is 14.8. The van der Waals surface area contributed by atoms with Gasteiger partial charge in [0.15, 0.2) is 0 Å². The van der Waals surface area contributed by atoms with E-state index in [0.717, 1.165) is 22.3 Å². The Balaban J connectivity index is 1.50. The van der Waals surface area contributed by atoms with Gasteiger partial charge in [0, 0.05) is 24.4 Å². The predicted molar refractivity (Wildman–Crippen MR) is 134 cm³/mol. The third-order valence-corrected chi connectivity index (χ3v) is 6.26. The van der Waals surface area contributed by atoms with Gasteiger partial charge in [-0.15, -0.1) is 0 Å². The van der Waals surface area contributed by atoms with Gasteiger partial charge in [-0.25, -0.2) is 9.59 Å². The van der Waals surface area contributed by atoms with Crippen LogP contribution in [0.15, 0.2) is 48.5 Å². The van der Waals surface area contributed by atoms with Crippen molar-refractivity contribution in [3.05, 3.63) is 59.7 Å². The summed E-state index contributed by atoms with van der Waals surface area (Å²) < 4.78 is 5.60. The number of carbonyl (C=O) groups is 3. The van der Waals surface area contributed by atoms with Crippen LogP contribution in [-0.2, 0) is 14.3 Å². The van der Waals surface area contributed by atoms with Crippen LogP contribution in [-0.4, -0.2) is 66.8 Å². The smallest absolute Gasteiger partial charge is 0.407 e. The highest BCUT2D eigenvalue weighted by molar-refractivity contribution is 5.83. The molecule has 1 unspecified atom stereocenters. The maximum absolute atomic E-state index is 12.6. The van der Waals surface area contributed by atoms with E-state index in [0.29, 0.717) is 19.4 Å². The zero-order chi connectivity index (χ0) is 25.6. The monoisotopic (exact) mass is 481 g/mol. The summed E-state index contributed by atoms with van der Waals surface area (Å²) >= 11 is 0. The molecule has 0 fully saturated rings. The molecule has 2 amide bonds. The number of nitrogens with zero attached hydrogens (tertiary/aromatic N) is 1. The average Bonchev–Trinajstić information content (AvgIpc) is 3.12. The number of carboxylic acids is 1. The number of hydrogen-bond acceptors (Lipinski definition) is 5. The Kier molecular flexibility index (Phi) is 8.51. The Morgan fingerprint density at radius 3 is 2.14 bits per heavy atom. The summed E-state index contributed by atoms with van der Waals surface area (Å²) in [6.45, 7) is 4.37. The van der Waals surface area contributed by atoms with Crippen LogP contribution >= 0.6 is 0 Å². The van der Waals surface area contributed by atoms with Gasteiger partial charge < -0.3 is 25.4 Å². The van der Waals surface area contributed by atoms with Gasteiger partial charge >= 0.3 is 12.1 Å². The number of benzene rings is 2. The summed E-state index contributed by atoms with van der Waals surface area (Å²) in [4.78, 5) is 38.2. The molecule has 8 nitrogen and oxygen atoms in total. The van der Waals surface area contributed by atoms with Crippen molar-refractivity contribution in [1.29, 1.82) is 0 Å². The molecule has 0 aromatic heterocycles. The summed E-state index contributed by atoms with van der Waals surface area (Å²) in [5.41, 5.74) is 3.89. The van der Waals surface area contributed by atoms with Crippen LogP contribution in [0.25, 0.3) is 11.1 Å². The highest BCUT2D eigenvalue weighted by Crippen LogP contribution is 2.44. The van der Waals surface area contributed by atoms with Gasteiger partial charge in [0.05, 0.1) is 0 Å². The van der Waals surface area contributed by atoms with Crippen LogP contribution in [0.1, 0.15) is 50.2 Å². The van der Waals surface area contributed by atoms with Crippen molar-refractivity contribution in [2.24, 2.45) is 0 Å². The van der Waals surface area contributed by atoms with E-state index in [-0.39, 0.29) is 24.9 Å². The minimum absolute atomic E-state index is 0.0304. The van der Waals surface area contributed by atoms with Crippen molar-refractivity contribution in [2.75, 3.05) is 27.2 Å². The maximum Gasteiger partial charge on any atom is 0.407 e. The molecule has 0 heterocycles. The number of alkyl carbamates (subject to hydrolysis) is 1. The second-order valence-electron chi connectivity index (χ2n) is 9.88. The fourth-order valence-corrected chi connectivity index (χ4v) is 4.31. The summed E-state index contributed by atoms with van der Waals surface area (Å²) in [6, 6.07) is 15.3. The Morgan fingerprint density at radius 2 is 1.60 bits per heavy atom. The van der Waals surface area contributed by atoms with Crippen LogP contribution < -0.4 is 10.6 Å². The van der Waals surface area contributed by atoms with E-state index in [1.54, 1.807) is 0 Å². The Bertz CT molecular complexity index is 1020. The van der Waals surface area contributed by atoms with Crippen molar-refractivity contribution >= 4 is 18.0 Å². The third-order valence-electron chi connectivity index (χ3n) is 6.26. The van der Waals surface area contributed by atoms with Crippen molar-refractivity contribution in [1.82, 2.24) is 15.5 Å². The molecule has 1 aliphatic rings. The molecule has 0 aliphatic heterocycles. The van der Waals surface area contributed by atoms with Crippen molar-refractivity contribution in [3.8, 4) is 11.1 Å². The van der Waals surface area contributed by atoms with Gasteiger partial charge in [-0.05, 0) is 63.0 Å².